The Kier molecular flexibility index (Phi) is 5.55. The highest BCUT2D eigenvalue weighted by Crippen LogP contribution is 2.15. The van der Waals surface area contributed by atoms with Crippen LogP contribution >= 0.6 is 0 Å². The van der Waals surface area contributed by atoms with Crippen LogP contribution in [0.15, 0.2) is 0 Å². The van der Waals surface area contributed by atoms with Gasteiger partial charge in [0.2, 0.25) is 5.91 Å². The highest BCUT2D eigenvalue weighted by atomic mass is 16.5. The highest BCUT2D eigenvalue weighted by Gasteiger charge is 2.34. The molecule has 0 bridgehead atoms. The van der Waals surface area contributed by atoms with E-state index in [-0.39, 0.29) is 36.2 Å². The number of carboxylic acids is 1. The summed E-state index contributed by atoms with van der Waals surface area (Å²) < 4.78 is 5.27. The maximum absolute atomic E-state index is 12.1. The van der Waals surface area contributed by atoms with Crippen LogP contribution in [0.5, 0.6) is 0 Å². The minimum absolute atomic E-state index is 0.00244. The number of hydrogen-bond donors (Lipinski definition) is 3. The molecule has 1 amide bonds. The molecule has 0 aromatic heterocycles. The standard InChI is InChI=1S/C12H22N2O4/c1-7(2)9(4-11(15)16)14-12(17)8-5-18-6-10(8)13-3/h7-10,13H,4-6H2,1-3H3,(H,14,17)(H,15,16). The van der Waals surface area contributed by atoms with Crippen LogP contribution in [-0.2, 0) is 14.3 Å². The molecule has 1 rings (SSSR count). The summed E-state index contributed by atoms with van der Waals surface area (Å²) in [5.74, 6) is -1.20. The summed E-state index contributed by atoms with van der Waals surface area (Å²) in [6.07, 6.45) is -0.0544. The summed E-state index contributed by atoms with van der Waals surface area (Å²) in [5, 5.41) is 14.7. The van der Waals surface area contributed by atoms with E-state index in [1.165, 1.54) is 0 Å². The average Bonchev–Trinajstić information content (AvgIpc) is 2.75. The zero-order chi connectivity index (χ0) is 13.7. The van der Waals surface area contributed by atoms with Gasteiger partial charge >= 0.3 is 5.97 Å². The largest absolute Gasteiger partial charge is 0.481 e. The Morgan fingerprint density at radius 2 is 2.06 bits per heavy atom. The molecule has 18 heavy (non-hydrogen) atoms. The van der Waals surface area contributed by atoms with Crippen LogP contribution in [0.1, 0.15) is 20.3 Å². The van der Waals surface area contributed by atoms with Gasteiger partial charge in [0.05, 0.1) is 25.6 Å². The fraction of sp³-hybridized carbons (Fsp3) is 0.833. The van der Waals surface area contributed by atoms with Gasteiger partial charge in [-0.25, -0.2) is 0 Å². The van der Waals surface area contributed by atoms with Gasteiger partial charge in [-0.05, 0) is 13.0 Å². The van der Waals surface area contributed by atoms with Gasteiger partial charge in [-0.1, -0.05) is 13.8 Å². The second-order valence-electron chi connectivity index (χ2n) is 5.00. The Morgan fingerprint density at radius 3 is 2.56 bits per heavy atom. The van der Waals surface area contributed by atoms with Gasteiger partial charge in [-0.2, -0.15) is 0 Å². The Labute approximate surface area is 107 Å². The molecule has 0 radical (unpaired) electrons. The van der Waals surface area contributed by atoms with Crippen molar-refractivity contribution in [2.24, 2.45) is 11.8 Å². The minimum Gasteiger partial charge on any atom is -0.481 e. The minimum atomic E-state index is -0.901. The molecule has 0 aromatic carbocycles. The van der Waals surface area contributed by atoms with Crippen LogP contribution in [0.4, 0.5) is 0 Å². The maximum Gasteiger partial charge on any atom is 0.305 e. The molecule has 3 atom stereocenters. The van der Waals surface area contributed by atoms with E-state index in [4.69, 9.17) is 9.84 Å². The van der Waals surface area contributed by atoms with E-state index >= 15 is 0 Å². The van der Waals surface area contributed by atoms with Crippen molar-refractivity contribution in [3.63, 3.8) is 0 Å². The van der Waals surface area contributed by atoms with Crippen molar-refractivity contribution >= 4 is 11.9 Å². The smallest absolute Gasteiger partial charge is 0.305 e. The van der Waals surface area contributed by atoms with Gasteiger partial charge in [0.15, 0.2) is 0 Å². The normalized spacial score (nSPS) is 25.1. The summed E-state index contributed by atoms with van der Waals surface area (Å²) in [6, 6.07) is -0.337. The molecule has 6 heteroatoms. The first kappa shape index (κ1) is 14.9. The van der Waals surface area contributed by atoms with Crippen molar-refractivity contribution in [1.82, 2.24) is 10.6 Å². The molecule has 0 spiro atoms. The van der Waals surface area contributed by atoms with E-state index < -0.39 is 5.97 Å². The third-order valence-electron chi connectivity index (χ3n) is 3.32. The Balaban J connectivity index is 2.57. The third kappa shape index (κ3) is 3.96. The first-order chi connectivity index (χ1) is 8.45. The molecule has 1 aliphatic rings. The molecule has 1 fully saturated rings. The third-order valence-corrected chi connectivity index (χ3v) is 3.32. The number of likely N-dealkylation sites (N-methyl/N-ethyl adjacent to an activating group) is 1. The Morgan fingerprint density at radius 1 is 1.39 bits per heavy atom. The zero-order valence-electron chi connectivity index (χ0n) is 11.1. The lowest BCUT2D eigenvalue weighted by Gasteiger charge is -2.24. The summed E-state index contributed by atoms with van der Waals surface area (Å²) in [7, 11) is 1.79. The fourth-order valence-electron chi connectivity index (χ4n) is 2.03. The van der Waals surface area contributed by atoms with Gasteiger partial charge in [-0.15, -0.1) is 0 Å². The fourth-order valence-corrected chi connectivity index (χ4v) is 2.03. The average molecular weight is 258 g/mol. The van der Waals surface area contributed by atoms with Gasteiger partial charge in [0.25, 0.3) is 0 Å². The summed E-state index contributed by atoms with van der Waals surface area (Å²) in [6.45, 7) is 4.69. The number of amides is 1. The number of nitrogens with one attached hydrogen (secondary N) is 2. The summed E-state index contributed by atoms with van der Waals surface area (Å²) in [5.41, 5.74) is 0. The number of rotatable bonds is 6. The molecule has 6 nitrogen and oxygen atoms in total. The SMILES string of the molecule is CNC1COCC1C(=O)NC(CC(=O)O)C(C)C. The number of hydrogen-bond acceptors (Lipinski definition) is 4. The van der Waals surface area contributed by atoms with Crippen LogP contribution in [0.25, 0.3) is 0 Å². The molecule has 0 aliphatic carbocycles. The van der Waals surface area contributed by atoms with Crippen molar-refractivity contribution in [3.05, 3.63) is 0 Å². The lowest BCUT2D eigenvalue weighted by atomic mass is 9.98. The molecule has 1 aliphatic heterocycles. The number of aliphatic carboxylic acids is 1. The first-order valence-corrected chi connectivity index (χ1v) is 6.22. The van der Waals surface area contributed by atoms with Crippen LogP contribution in [-0.4, -0.2) is 49.3 Å². The van der Waals surface area contributed by atoms with Crippen LogP contribution in [0.3, 0.4) is 0 Å². The number of carboxylic acid groups (broad SMARTS) is 1. The van der Waals surface area contributed by atoms with Crippen molar-refractivity contribution in [2.45, 2.75) is 32.4 Å². The van der Waals surface area contributed by atoms with Gasteiger partial charge in [0.1, 0.15) is 0 Å². The van der Waals surface area contributed by atoms with E-state index in [0.29, 0.717) is 13.2 Å². The van der Waals surface area contributed by atoms with Crippen molar-refractivity contribution in [3.8, 4) is 0 Å². The van der Waals surface area contributed by atoms with Gasteiger partial charge in [-0.3, -0.25) is 9.59 Å². The van der Waals surface area contributed by atoms with Crippen molar-refractivity contribution in [1.29, 1.82) is 0 Å². The maximum atomic E-state index is 12.1. The molecular formula is C12H22N2O4. The van der Waals surface area contributed by atoms with E-state index in [1.54, 1.807) is 7.05 Å². The van der Waals surface area contributed by atoms with Crippen molar-refractivity contribution < 1.29 is 19.4 Å². The molecule has 3 unspecified atom stereocenters. The molecule has 0 aromatic rings. The van der Waals surface area contributed by atoms with Gasteiger partial charge < -0.3 is 20.5 Å². The Bertz CT molecular complexity index is 306. The van der Waals surface area contributed by atoms with E-state index in [9.17, 15) is 9.59 Å². The molecule has 1 saturated heterocycles. The second-order valence-corrected chi connectivity index (χ2v) is 5.00. The van der Waals surface area contributed by atoms with E-state index in [2.05, 4.69) is 10.6 Å². The second kappa shape index (κ2) is 6.70. The van der Waals surface area contributed by atoms with Crippen molar-refractivity contribution in [2.75, 3.05) is 20.3 Å². The van der Waals surface area contributed by atoms with E-state index in [1.807, 2.05) is 13.8 Å². The summed E-state index contributed by atoms with van der Waals surface area (Å²) in [4.78, 5) is 22.8. The predicted molar refractivity (Wildman–Crippen MR) is 66.2 cm³/mol. The zero-order valence-corrected chi connectivity index (χ0v) is 11.1. The van der Waals surface area contributed by atoms with E-state index in [0.717, 1.165) is 0 Å². The summed E-state index contributed by atoms with van der Waals surface area (Å²) >= 11 is 0. The Hall–Kier alpha value is -1.14. The number of ether oxygens (including phenoxy) is 1. The monoisotopic (exact) mass is 258 g/mol. The number of carbonyl (C=O) groups excluding carboxylic acids is 1. The topological polar surface area (TPSA) is 87.7 Å². The lowest BCUT2D eigenvalue weighted by molar-refractivity contribution is -0.138. The predicted octanol–water partition coefficient (Wildman–Crippen LogP) is -0.164. The number of carbonyl (C=O) groups is 2. The molecule has 104 valence electrons. The molecule has 0 saturated carbocycles. The van der Waals surface area contributed by atoms with Crippen LogP contribution in [0.2, 0.25) is 0 Å². The van der Waals surface area contributed by atoms with Crippen LogP contribution < -0.4 is 10.6 Å². The quantitative estimate of drug-likeness (QED) is 0.616. The molecule has 1 heterocycles. The van der Waals surface area contributed by atoms with Crippen LogP contribution in [0, 0.1) is 11.8 Å². The molecule has 3 N–H and O–H groups in total. The molecular weight excluding hydrogens is 236 g/mol. The highest BCUT2D eigenvalue weighted by molar-refractivity contribution is 5.81. The van der Waals surface area contributed by atoms with Gasteiger partial charge in [0, 0.05) is 12.1 Å². The first-order valence-electron chi connectivity index (χ1n) is 6.22. The lowest BCUT2D eigenvalue weighted by Crippen LogP contribution is -2.48.